The summed E-state index contributed by atoms with van der Waals surface area (Å²) in [6.07, 6.45) is 2.37. The van der Waals surface area contributed by atoms with E-state index in [2.05, 4.69) is 4.98 Å². The van der Waals surface area contributed by atoms with Gasteiger partial charge in [0.25, 0.3) is 0 Å². The van der Waals surface area contributed by atoms with E-state index in [-0.39, 0.29) is 11.8 Å². The molecule has 0 amide bonds. The van der Waals surface area contributed by atoms with E-state index in [0.717, 1.165) is 28.6 Å². The van der Waals surface area contributed by atoms with Crippen molar-refractivity contribution in [1.29, 1.82) is 0 Å². The predicted molar refractivity (Wildman–Crippen MR) is 83.9 cm³/mol. The van der Waals surface area contributed by atoms with Gasteiger partial charge in [-0.2, -0.15) is 0 Å². The molecule has 0 bridgehead atoms. The molecule has 6 heteroatoms. The highest BCUT2D eigenvalue weighted by molar-refractivity contribution is 5.65. The van der Waals surface area contributed by atoms with Gasteiger partial charge in [0, 0.05) is 22.8 Å². The lowest BCUT2D eigenvalue weighted by Gasteiger charge is -2.37. The van der Waals surface area contributed by atoms with E-state index in [1.54, 1.807) is 17.3 Å². The van der Waals surface area contributed by atoms with E-state index < -0.39 is 0 Å². The van der Waals surface area contributed by atoms with Gasteiger partial charge < -0.3 is 5.11 Å². The number of rotatable bonds is 1. The zero-order chi connectivity index (χ0) is 16.1. The lowest BCUT2D eigenvalue weighted by Crippen LogP contribution is -2.47. The predicted octanol–water partition coefficient (Wildman–Crippen LogP) is 1.96. The Morgan fingerprint density at radius 2 is 1.96 bits per heavy atom. The smallest absolute Gasteiger partial charge is 0.0791 e. The molecule has 4 rings (SSSR count). The van der Waals surface area contributed by atoms with Crippen LogP contribution in [0.1, 0.15) is 18.2 Å². The van der Waals surface area contributed by atoms with Crippen LogP contribution in [0.2, 0.25) is 0 Å². The summed E-state index contributed by atoms with van der Waals surface area (Å²) in [4.78, 5) is 4.21. The molecule has 6 nitrogen and oxygen atoms in total. The van der Waals surface area contributed by atoms with Crippen molar-refractivity contribution in [3.8, 4) is 0 Å². The Bertz CT molecular complexity index is 787. The second kappa shape index (κ2) is 4.97. The van der Waals surface area contributed by atoms with Crippen LogP contribution in [0, 0.1) is 12.8 Å². The van der Waals surface area contributed by atoms with Crippen LogP contribution in [-0.2, 0) is 6.42 Å². The fraction of sp³-hybridized carbons (Fsp3) is 0.235. The third-order valence-corrected chi connectivity index (χ3v) is 4.35. The molecule has 0 saturated carbocycles. The average molecular weight is 309 g/mol. The first-order chi connectivity index (χ1) is 11.1. The highest BCUT2D eigenvalue weighted by Crippen LogP contribution is 2.43. The molecular weight excluding hydrogens is 292 g/mol. The maximum absolute atomic E-state index is 12.9. The van der Waals surface area contributed by atoms with Gasteiger partial charge in [-0.1, -0.05) is 25.1 Å². The van der Waals surface area contributed by atoms with E-state index in [1.165, 1.54) is 5.01 Å². The van der Waals surface area contributed by atoms with Crippen molar-refractivity contribution in [2.75, 3.05) is 10.0 Å². The summed E-state index contributed by atoms with van der Waals surface area (Å²) in [6.45, 7) is 3.88. The maximum atomic E-state index is 12.9. The van der Waals surface area contributed by atoms with Gasteiger partial charge in [0.15, 0.2) is 0 Å². The average Bonchev–Trinajstić information content (AvgIpc) is 2.81. The van der Waals surface area contributed by atoms with Crippen molar-refractivity contribution in [3.63, 3.8) is 0 Å². The normalized spacial score (nSPS) is 20.7. The van der Waals surface area contributed by atoms with Crippen molar-refractivity contribution in [3.05, 3.63) is 65.4 Å². The van der Waals surface area contributed by atoms with E-state index in [4.69, 9.17) is 0 Å². The van der Waals surface area contributed by atoms with Crippen LogP contribution < -0.4 is 15.1 Å². The summed E-state index contributed by atoms with van der Waals surface area (Å²) >= 11 is 0. The van der Waals surface area contributed by atoms with E-state index >= 15 is 0 Å². The Balaban J connectivity index is 1.84. The molecule has 0 aliphatic carbocycles. The standard InChI is InChI=1S/C17H18N4O2/c1-11-9-13-5-3-4-6-15(13)20-16(11)17(22)19(21(20)23)14-8-7-12(2)18-10-14/h3-8,10-11,22-23H,9H2,1-2H3/p-1. The zero-order valence-electron chi connectivity index (χ0n) is 13.0. The Morgan fingerprint density at radius 3 is 2.70 bits per heavy atom. The number of hydrogen-bond acceptors (Lipinski definition) is 6. The van der Waals surface area contributed by atoms with E-state index in [1.807, 2.05) is 44.2 Å². The minimum absolute atomic E-state index is 0.0236. The number of pyridine rings is 1. The topological polar surface area (TPSA) is 65.9 Å². The number of nitrogens with zero attached hydrogens (tertiary/aromatic N) is 4. The SMILES string of the molecule is Cc1ccc(N2C([O-])=C3C(C)Cc4ccccc4N3N2O)cn1. The highest BCUT2D eigenvalue weighted by Gasteiger charge is 2.40. The first kappa shape index (κ1) is 14.0. The van der Waals surface area contributed by atoms with Gasteiger partial charge in [-0.25, -0.2) is 10.0 Å². The molecule has 1 aromatic heterocycles. The van der Waals surface area contributed by atoms with Crippen molar-refractivity contribution in [1.82, 2.24) is 10.3 Å². The molecule has 0 fully saturated rings. The summed E-state index contributed by atoms with van der Waals surface area (Å²) in [7, 11) is 0. The molecule has 0 saturated heterocycles. The molecule has 1 atom stereocenters. The Labute approximate surface area is 134 Å². The van der Waals surface area contributed by atoms with Crippen LogP contribution >= 0.6 is 0 Å². The molecule has 1 aromatic carbocycles. The van der Waals surface area contributed by atoms with Crippen molar-refractivity contribution in [2.45, 2.75) is 20.3 Å². The summed E-state index contributed by atoms with van der Waals surface area (Å²) in [5, 5.41) is 27.3. The van der Waals surface area contributed by atoms with Crippen LogP contribution in [0.5, 0.6) is 0 Å². The number of benzene rings is 1. The van der Waals surface area contributed by atoms with Crippen LogP contribution in [-0.4, -0.2) is 15.5 Å². The largest absolute Gasteiger partial charge is 0.858 e. The highest BCUT2D eigenvalue weighted by atomic mass is 16.6. The number of anilines is 2. The van der Waals surface area contributed by atoms with Gasteiger partial charge in [-0.15, -0.1) is 0 Å². The Kier molecular flexibility index (Phi) is 3.04. The second-order valence-electron chi connectivity index (χ2n) is 5.97. The van der Waals surface area contributed by atoms with Gasteiger partial charge in [-0.3, -0.25) is 10.2 Å². The molecule has 118 valence electrons. The monoisotopic (exact) mass is 309 g/mol. The fourth-order valence-corrected chi connectivity index (χ4v) is 3.23. The minimum Gasteiger partial charge on any atom is -0.858 e. The fourth-order valence-electron chi connectivity index (χ4n) is 3.23. The van der Waals surface area contributed by atoms with Crippen LogP contribution in [0.15, 0.2) is 54.2 Å². The van der Waals surface area contributed by atoms with Gasteiger partial charge in [0.05, 0.1) is 23.3 Å². The summed E-state index contributed by atoms with van der Waals surface area (Å²) in [5.74, 6) is -0.199. The number of aromatic nitrogens is 1. The number of hydrogen-bond donors (Lipinski definition) is 1. The molecule has 3 heterocycles. The van der Waals surface area contributed by atoms with Crippen LogP contribution in [0.25, 0.3) is 0 Å². The summed E-state index contributed by atoms with van der Waals surface area (Å²) in [6, 6.07) is 11.4. The number of fused-ring (bicyclic) bond motifs is 3. The summed E-state index contributed by atoms with van der Waals surface area (Å²) < 4.78 is 0. The van der Waals surface area contributed by atoms with Gasteiger partial charge in [0.2, 0.25) is 0 Å². The Hall–Kier alpha value is -2.57. The zero-order valence-corrected chi connectivity index (χ0v) is 13.0. The van der Waals surface area contributed by atoms with Gasteiger partial charge >= 0.3 is 0 Å². The molecule has 1 unspecified atom stereocenters. The maximum Gasteiger partial charge on any atom is 0.0791 e. The molecule has 2 aliphatic rings. The quantitative estimate of drug-likeness (QED) is 0.868. The third kappa shape index (κ3) is 1.99. The van der Waals surface area contributed by atoms with Crippen molar-refractivity contribution < 1.29 is 10.3 Å². The van der Waals surface area contributed by atoms with Gasteiger partial charge in [0.1, 0.15) is 0 Å². The molecule has 0 spiro atoms. The van der Waals surface area contributed by atoms with Crippen LogP contribution in [0.3, 0.4) is 0 Å². The van der Waals surface area contributed by atoms with E-state index in [9.17, 15) is 10.3 Å². The molecule has 2 aromatic rings. The number of hydrazine groups is 2. The molecule has 2 aliphatic heterocycles. The molecule has 1 N–H and O–H groups in total. The molecular formula is C17H17N4O2-. The number of allylic oxidation sites excluding steroid dienone is 1. The first-order valence-electron chi connectivity index (χ1n) is 7.58. The molecule has 23 heavy (non-hydrogen) atoms. The third-order valence-electron chi connectivity index (χ3n) is 4.35. The lowest BCUT2D eigenvalue weighted by molar-refractivity contribution is -0.314. The minimum atomic E-state index is -0.222. The Morgan fingerprint density at radius 1 is 1.17 bits per heavy atom. The van der Waals surface area contributed by atoms with Crippen molar-refractivity contribution in [2.24, 2.45) is 5.92 Å². The lowest BCUT2D eigenvalue weighted by atomic mass is 9.92. The van der Waals surface area contributed by atoms with Gasteiger partial charge in [-0.05, 0) is 37.1 Å². The number of para-hydroxylation sites is 1. The molecule has 0 radical (unpaired) electrons. The van der Waals surface area contributed by atoms with Crippen molar-refractivity contribution >= 4 is 11.4 Å². The summed E-state index contributed by atoms with van der Waals surface area (Å²) in [5.41, 5.74) is 3.91. The van der Waals surface area contributed by atoms with Crippen LogP contribution in [0.4, 0.5) is 11.4 Å². The number of aryl methyl sites for hydroxylation is 1. The second-order valence-corrected chi connectivity index (χ2v) is 5.97. The van der Waals surface area contributed by atoms with E-state index in [0.29, 0.717) is 11.4 Å². The first-order valence-corrected chi connectivity index (χ1v) is 7.58.